The van der Waals surface area contributed by atoms with Crippen molar-refractivity contribution < 1.29 is 16.8 Å². The lowest BCUT2D eigenvalue weighted by atomic mass is 10.4. The van der Waals surface area contributed by atoms with Gasteiger partial charge in [0.05, 0.1) is 23.1 Å². The summed E-state index contributed by atoms with van der Waals surface area (Å²) >= 11 is 0. The fraction of sp³-hybridized carbons (Fsp3) is 0.143. The molecule has 1 heterocycles. The van der Waals surface area contributed by atoms with Gasteiger partial charge in [-0.05, 0) is 24.3 Å². The van der Waals surface area contributed by atoms with Crippen molar-refractivity contribution in [3.05, 3.63) is 60.7 Å². The molecule has 8 heteroatoms. The third kappa shape index (κ3) is 2.54. The standard InChI is InChI=1S/C14H14N2O4S2/c17-21(18,13-7-3-1-4-8-13)15-11-16(12-15)22(19,20)14-9-5-2-6-10-14/h1-10H,11-12H2. The first kappa shape index (κ1) is 15.2. The van der Waals surface area contributed by atoms with Gasteiger partial charge in [0.15, 0.2) is 0 Å². The zero-order valence-corrected chi connectivity index (χ0v) is 13.2. The van der Waals surface area contributed by atoms with E-state index < -0.39 is 20.0 Å². The molecule has 0 radical (unpaired) electrons. The summed E-state index contributed by atoms with van der Waals surface area (Å²) in [6.07, 6.45) is 0. The Morgan fingerprint density at radius 1 is 0.591 bits per heavy atom. The summed E-state index contributed by atoms with van der Waals surface area (Å²) in [4.78, 5) is 0.318. The first-order valence-corrected chi connectivity index (χ1v) is 9.41. The van der Waals surface area contributed by atoms with Gasteiger partial charge in [-0.15, -0.1) is 0 Å². The third-order valence-electron chi connectivity index (χ3n) is 3.39. The molecule has 2 aromatic rings. The first-order valence-electron chi connectivity index (χ1n) is 6.53. The summed E-state index contributed by atoms with van der Waals surface area (Å²) in [6.45, 7) is -0.344. The number of nitrogens with zero attached hydrogens (tertiary/aromatic N) is 2. The Balaban J connectivity index is 1.78. The maximum atomic E-state index is 12.3. The minimum absolute atomic E-state index is 0.159. The molecule has 0 spiro atoms. The Morgan fingerprint density at radius 3 is 1.23 bits per heavy atom. The van der Waals surface area contributed by atoms with Crippen LogP contribution in [0.5, 0.6) is 0 Å². The fourth-order valence-corrected chi connectivity index (χ4v) is 5.01. The number of rotatable bonds is 4. The molecule has 2 aromatic carbocycles. The summed E-state index contributed by atoms with van der Waals surface area (Å²) in [6, 6.07) is 15.9. The van der Waals surface area contributed by atoms with Gasteiger partial charge in [0.2, 0.25) is 20.0 Å². The van der Waals surface area contributed by atoms with E-state index in [9.17, 15) is 16.8 Å². The van der Waals surface area contributed by atoms with E-state index in [1.165, 1.54) is 24.3 Å². The molecule has 1 aliphatic heterocycles. The normalized spacial score (nSPS) is 17.1. The highest BCUT2D eigenvalue weighted by Gasteiger charge is 2.41. The van der Waals surface area contributed by atoms with Gasteiger partial charge in [0.25, 0.3) is 0 Å². The molecular formula is C14H14N2O4S2. The summed E-state index contributed by atoms with van der Waals surface area (Å²) < 4.78 is 51.6. The van der Waals surface area contributed by atoms with E-state index in [4.69, 9.17) is 0 Å². The highest BCUT2D eigenvalue weighted by atomic mass is 32.2. The van der Waals surface area contributed by atoms with Crippen LogP contribution in [0.4, 0.5) is 0 Å². The molecule has 0 amide bonds. The molecular weight excluding hydrogens is 324 g/mol. The first-order chi connectivity index (χ1) is 10.4. The monoisotopic (exact) mass is 338 g/mol. The summed E-state index contributed by atoms with van der Waals surface area (Å²) in [5.41, 5.74) is 0. The van der Waals surface area contributed by atoms with E-state index in [0.717, 1.165) is 8.61 Å². The Hall–Kier alpha value is -1.74. The lowest BCUT2D eigenvalue weighted by Crippen LogP contribution is -2.59. The fourth-order valence-electron chi connectivity index (χ4n) is 2.10. The van der Waals surface area contributed by atoms with Gasteiger partial charge in [0.1, 0.15) is 0 Å². The summed E-state index contributed by atoms with van der Waals surface area (Å²) in [7, 11) is -7.30. The van der Waals surface area contributed by atoms with Gasteiger partial charge < -0.3 is 0 Å². The number of benzene rings is 2. The van der Waals surface area contributed by atoms with Crippen molar-refractivity contribution in [3.8, 4) is 0 Å². The molecule has 0 N–H and O–H groups in total. The minimum Gasteiger partial charge on any atom is -0.207 e. The SMILES string of the molecule is O=S(=O)(c1ccccc1)N1CN(S(=O)(=O)c2ccccc2)C1. The second-order valence-corrected chi connectivity index (χ2v) is 8.70. The molecule has 0 aliphatic carbocycles. The van der Waals surface area contributed by atoms with Crippen molar-refractivity contribution in [2.24, 2.45) is 0 Å². The van der Waals surface area contributed by atoms with E-state index >= 15 is 0 Å². The largest absolute Gasteiger partial charge is 0.245 e. The molecule has 1 saturated heterocycles. The smallest absolute Gasteiger partial charge is 0.207 e. The molecule has 0 bridgehead atoms. The Morgan fingerprint density at radius 2 is 0.909 bits per heavy atom. The van der Waals surface area contributed by atoms with E-state index in [1.54, 1.807) is 36.4 Å². The van der Waals surface area contributed by atoms with Gasteiger partial charge >= 0.3 is 0 Å². The van der Waals surface area contributed by atoms with Crippen LogP contribution in [0.25, 0.3) is 0 Å². The van der Waals surface area contributed by atoms with Crippen LogP contribution < -0.4 is 0 Å². The van der Waals surface area contributed by atoms with E-state index in [0.29, 0.717) is 0 Å². The van der Waals surface area contributed by atoms with Crippen LogP contribution in [0.1, 0.15) is 0 Å². The maximum absolute atomic E-state index is 12.3. The van der Waals surface area contributed by atoms with Crippen molar-refractivity contribution in [2.75, 3.05) is 13.3 Å². The van der Waals surface area contributed by atoms with Crippen LogP contribution in [0.15, 0.2) is 70.5 Å². The second-order valence-electron chi connectivity index (χ2n) is 4.82. The zero-order valence-electron chi connectivity index (χ0n) is 11.5. The van der Waals surface area contributed by atoms with Crippen molar-refractivity contribution in [1.29, 1.82) is 0 Å². The number of hydrogen-bond acceptors (Lipinski definition) is 4. The van der Waals surface area contributed by atoms with Gasteiger partial charge in [0, 0.05) is 0 Å². The maximum Gasteiger partial charge on any atom is 0.245 e. The highest BCUT2D eigenvalue weighted by Crippen LogP contribution is 2.26. The third-order valence-corrected chi connectivity index (χ3v) is 6.95. The topological polar surface area (TPSA) is 74.8 Å². The van der Waals surface area contributed by atoms with Crippen LogP contribution in [-0.4, -0.2) is 38.8 Å². The summed E-state index contributed by atoms with van der Waals surface area (Å²) in [5.74, 6) is 0. The van der Waals surface area contributed by atoms with Gasteiger partial charge in [-0.25, -0.2) is 16.8 Å². The van der Waals surface area contributed by atoms with Crippen LogP contribution in [0, 0.1) is 0 Å². The Bertz CT molecular complexity index is 786. The van der Waals surface area contributed by atoms with Crippen LogP contribution in [-0.2, 0) is 20.0 Å². The molecule has 0 atom stereocenters. The predicted molar refractivity (Wildman–Crippen MR) is 80.7 cm³/mol. The lowest BCUT2D eigenvalue weighted by molar-refractivity contribution is 0.127. The predicted octanol–water partition coefficient (Wildman–Crippen LogP) is 1.30. The number of hydrogen-bond donors (Lipinski definition) is 0. The van der Waals surface area contributed by atoms with E-state index in [2.05, 4.69) is 0 Å². The molecule has 0 aromatic heterocycles. The second kappa shape index (κ2) is 5.47. The average Bonchev–Trinajstić information content (AvgIpc) is 2.47. The van der Waals surface area contributed by atoms with E-state index in [-0.39, 0.29) is 23.1 Å². The molecule has 22 heavy (non-hydrogen) atoms. The van der Waals surface area contributed by atoms with Crippen molar-refractivity contribution in [1.82, 2.24) is 8.61 Å². The lowest BCUT2D eigenvalue weighted by Gasteiger charge is -2.39. The zero-order chi connectivity index (χ0) is 15.8. The highest BCUT2D eigenvalue weighted by molar-refractivity contribution is 7.90. The molecule has 0 saturated carbocycles. The average molecular weight is 338 g/mol. The van der Waals surface area contributed by atoms with Crippen LogP contribution in [0.2, 0.25) is 0 Å². The Labute approximate surface area is 129 Å². The number of sulfonamides is 2. The van der Waals surface area contributed by atoms with Gasteiger partial charge in [-0.3, -0.25) is 0 Å². The molecule has 6 nitrogen and oxygen atoms in total. The van der Waals surface area contributed by atoms with Gasteiger partial charge in [-0.1, -0.05) is 36.4 Å². The Kier molecular flexibility index (Phi) is 3.77. The van der Waals surface area contributed by atoms with Gasteiger partial charge in [-0.2, -0.15) is 8.61 Å². The molecule has 0 unspecified atom stereocenters. The van der Waals surface area contributed by atoms with Crippen molar-refractivity contribution >= 4 is 20.0 Å². The molecule has 3 rings (SSSR count). The van der Waals surface area contributed by atoms with Crippen molar-refractivity contribution in [2.45, 2.75) is 9.79 Å². The molecule has 1 fully saturated rings. The quantitative estimate of drug-likeness (QED) is 0.842. The van der Waals surface area contributed by atoms with Crippen LogP contribution >= 0.6 is 0 Å². The van der Waals surface area contributed by atoms with E-state index in [1.807, 2.05) is 0 Å². The molecule has 116 valence electrons. The minimum atomic E-state index is -3.65. The van der Waals surface area contributed by atoms with Crippen molar-refractivity contribution in [3.63, 3.8) is 0 Å². The van der Waals surface area contributed by atoms with Crippen LogP contribution in [0.3, 0.4) is 0 Å². The summed E-state index contributed by atoms with van der Waals surface area (Å²) in [5, 5.41) is 0. The molecule has 1 aliphatic rings.